The van der Waals surface area contributed by atoms with Crippen molar-refractivity contribution in [1.82, 2.24) is 0 Å². The molecule has 4 rings (SSSR count). The average Bonchev–Trinajstić information content (AvgIpc) is 2.90. The molecule has 0 spiro atoms. The van der Waals surface area contributed by atoms with Gasteiger partial charge in [-0.1, -0.05) is 56.2 Å². The van der Waals surface area contributed by atoms with Crippen LogP contribution >= 0.6 is 0 Å². The van der Waals surface area contributed by atoms with Crippen LogP contribution in [0.4, 0.5) is 5.69 Å². The highest BCUT2D eigenvalue weighted by Gasteiger charge is 2.25. The monoisotopic (exact) mass is 327 g/mol. The van der Waals surface area contributed by atoms with E-state index >= 15 is 0 Å². The Hall–Kier alpha value is -2.41. The van der Waals surface area contributed by atoms with Gasteiger partial charge in [-0.25, -0.2) is 4.99 Å². The van der Waals surface area contributed by atoms with Crippen molar-refractivity contribution in [2.24, 2.45) is 4.99 Å². The van der Waals surface area contributed by atoms with E-state index in [0.717, 1.165) is 11.4 Å². The minimum atomic E-state index is 0.117. The predicted octanol–water partition coefficient (Wildman–Crippen LogP) is 6.55. The van der Waals surface area contributed by atoms with Crippen LogP contribution in [-0.4, -0.2) is 5.71 Å². The van der Waals surface area contributed by atoms with Gasteiger partial charge in [0.05, 0.1) is 11.4 Å². The minimum absolute atomic E-state index is 0.117. The summed E-state index contributed by atoms with van der Waals surface area (Å²) in [7, 11) is 0. The SMILES string of the molecule is Cc1cc(C)cc(C2=Nc3c(C)ccc4cc(C(C)(C)C)cc2c34)c1. The van der Waals surface area contributed by atoms with Gasteiger partial charge in [0.2, 0.25) is 0 Å². The standard InChI is InChI=1S/C24H25N/c1-14-9-15(2)11-18(10-14)23-20-13-19(24(4,5)6)12-17-8-7-16(3)22(25-23)21(17)20/h7-13H,1-6H3. The van der Waals surface area contributed by atoms with E-state index in [1.165, 1.54) is 44.2 Å². The van der Waals surface area contributed by atoms with Gasteiger partial charge < -0.3 is 0 Å². The second-order valence-electron chi connectivity index (χ2n) is 8.44. The van der Waals surface area contributed by atoms with E-state index in [4.69, 9.17) is 4.99 Å². The number of benzene rings is 3. The Morgan fingerprint density at radius 3 is 2.12 bits per heavy atom. The molecule has 0 N–H and O–H groups in total. The van der Waals surface area contributed by atoms with Gasteiger partial charge in [0.15, 0.2) is 0 Å². The van der Waals surface area contributed by atoms with Crippen molar-refractivity contribution >= 4 is 22.2 Å². The lowest BCUT2D eigenvalue weighted by Crippen LogP contribution is -2.12. The number of hydrogen-bond donors (Lipinski definition) is 0. The molecular formula is C24H25N. The fourth-order valence-corrected chi connectivity index (χ4v) is 3.82. The first-order valence-corrected chi connectivity index (χ1v) is 8.99. The van der Waals surface area contributed by atoms with Gasteiger partial charge in [0, 0.05) is 16.5 Å². The number of aliphatic imine (C=N–C) groups is 1. The molecule has 126 valence electrons. The Balaban J connectivity index is 2.05. The van der Waals surface area contributed by atoms with E-state index in [0.29, 0.717) is 0 Å². The summed E-state index contributed by atoms with van der Waals surface area (Å²) in [6, 6.07) is 15.9. The van der Waals surface area contributed by atoms with E-state index in [1.807, 2.05) is 0 Å². The normalized spacial score (nSPS) is 13.4. The zero-order valence-electron chi connectivity index (χ0n) is 16.0. The van der Waals surface area contributed by atoms with Crippen LogP contribution in [0.1, 0.15) is 54.2 Å². The molecule has 0 atom stereocenters. The summed E-state index contributed by atoms with van der Waals surface area (Å²) in [5.41, 5.74) is 10.1. The van der Waals surface area contributed by atoms with Gasteiger partial charge in [-0.05, 0) is 60.9 Å². The van der Waals surface area contributed by atoms with Crippen molar-refractivity contribution in [2.45, 2.75) is 47.0 Å². The molecule has 0 bridgehead atoms. The molecule has 25 heavy (non-hydrogen) atoms. The highest BCUT2D eigenvalue weighted by Crippen LogP contribution is 2.42. The smallest absolute Gasteiger partial charge is 0.0789 e. The van der Waals surface area contributed by atoms with E-state index in [-0.39, 0.29) is 5.41 Å². The summed E-state index contributed by atoms with van der Waals surface area (Å²) in [5.74, 6) is 0. The van der Waals surface area contributed by atoms with E-state index in [2.05, 4.69) is 84.0 Å². The predicted molar refractivity (Wildman–Crippen MR) is 109 cm³/mol. The maximum atomic E-state index is 5.09. The van der Waals surface area contributed by atoms with Crippen molar-refractivity contribution in [1.29, 1.82) is 0 Å². The first-order chi connectivity index (χ1) is 11.7. The van der Waals surface area contributed by atoms with Crippen LogP contribution < -0.4 is 0 Å². The Kier molecular flexibility index (Phi) is 3.40. The van der Waals surface area contributed by atoms with E-state index in [1.54, 1.807) is 0 Å². The Labute approximate surface area is 150 Å². The van der Waals surface area contributed by atoms with Crippen molar-refractivity contribution in [3.63, 3.8) is 0 Å². The summed E-state index contributed by atoms with van der Waals surface area (Å²) < 4.78 is 0. The largest absolute Gasteiger partial charge is 0.247 e. The molecule has 1 nitrogen and oxygen atoms in total. The maximum Gasteiger partial charge on any atom is 0.0789 e. The van der Waals surface area contributed by atoms with E-state index in [9.17, 15) is 0 Å². The molecular weight excluding hydrogens is 302 g/mol. The van der Waals surface area contributed by atoms with Crippen LogP contribution in [0.3, 0.4) is 0 Å². The van der Waals surface area contributed by atoms with Gasteiger partial charge in [-0.15, -0.1) is 0 Å². The van der Waals surface area contributed by atoms with Gasteiger partial charge in [0.25, 0.3) is 0 Å². The second kappa shape index (κ2) is 5.29. The molecule has 0 saturated carbocycles. The Bertz CT molecular complexity index is 1030. The summed E-state index contributed by atoms with van der Waals surface area (Å²) in [6.45, 7) is 13.3. The molecule has 0 radical (unpaired) electrons. The van der Waals surface area contributed by atoms with Crippen LogP contribution in [-0.2, 0) is 5.41 Å². The van der Waals surface area contributed by atoms with Crippen molar-refractivity contribution in [3.05, 3.63) is 75.8 Å². The van der Waals surface area contributed by atoms with Gasteiger partial charge in [0.1, 0.15) is 0 Å². The average molecular weight is 327 g/mol. The molecule has 0 aromatic heterocycles. The highest BCUT2D eigenvalue weighted by molar-refractivity contribution is 6.26. The van der Waals surface area contributed by atoms with Crippen LogP contribution in [0.5, 0.6) is 0 Å². The van der Waals surface area contributed by atoms with Gasteiger partial charge >= 0.3 is 0 Å². The molecule has 0 aliphatic carbocycles. The lowest BCUT2D eigenvalue weighted by molar-refractivity contribution is 0.591. The summed E-state index contributed by atoms with van der Waals surface area (Å²) in [6.07, 6.45) is 0. The van der Waals surface area contributed by atoms with Crippen molar-refractivity contribution in [2.75, 3.05) is 0 Å². The maximum absolute atomic E-state index is 5.09. The topological polar surface area (TPSA) is 12.4 Å². The quantitative estimate of drug-likeness (QED) is 0.376. The second-order valence-corrected chi connectivity index (χ2v) is 8.44. The van der Waals surface area contributed by atoms with Crippen LogP contribution in [0.25, 0.3) is 10.8 Å². The molecule has 3 aromatic carbocycles. The fraction of sp³-hybridized carbons (Fsp3) is 0.292. The lowest BCUT2D eigenvalue weighted by atomic mass is 9.83. The van der Waals surface area contributed by atoms with Gasteiger partial charge in [-0.3, -0.25) is 0 Å². The molecule has 1 heterocycles. The van der Waals surface area contributed by atoms with Crippen molar-refractivity contribution < 1.29 is 0 Å². The third-order valence-corrected chi connectivity index (χ3v) is 5.13. The number of hydrogen-bond acceptors (Lipinski definition) is 1. The number of aryl methyl sites for hydroxylation is 3. The third kappa shape index (κ3) is 2.59. The molecule has 0 fully saturated rings. The summed E-state index contributed by atoms with van der Waals surface area (Å²) in [4.78, 5) is 5.09. The lowest BCUT2D eigenvalue weighted by Gasteiger charge is -2.21. The molecule has 0 unspecified atom stereocenters. The first-order valence-electron chi connectivity index (χ1n) is 8.99. The van der Waals surface area contributed by atoms with Crippen molar-refractivity contribution in [3.8, 4) is 0 Å². The van der Waals surface area contributed by atoms with Crippen LogP contribution in [0.2, 0.25) is 0 Å². The molecule has 0 amide bonds. The molecule has 1 aliphatic heterocycles. The Morgan fingerprint density at radius 1 is 0.800 bits per heavy atom. The summed E-state index contributed by atoms with van der Waals surface area (Å²) in [5, 5.41) is 2.60. The fourth-order valence-electron chi connectivity index (χ4n) is 3.82. The minimum Gasteiger partial charge on any atom is -0.247 e. The number of rotatable bonds is 1. The third-order valence-electron chi connectivity index (χ3n) is 5.13. The molecule has 3 aromatic rings. The first kappa shape index (κ1) is 16.1. The van der Waals surface area contributed by atoms with E-state index < -0.39 is 0 Å². The van der Waals surface area contributed by atoms with Gasteiger partial charge in [-0.2, -0.15) is 0 Å². The summed E-state index contributed by atoms with van der Waals surface area (Å²) >= 11 is 0. The van der Waals surface area contributed by atoms with Crippen LogP contribution in [0, 0.1) is 20.8 Å². The molecule has 1 heteroatoms. The zero-order valence-corrected chi connectivity index (χ0v) is 16.0. The highest BCUT2D eigenvalue weighted by atomic mass is 14.8. The molecule has 1 aliphatic rings. The zero-order chi connectivity index (χ0) is 17.9. The number of nitrogens with zero attached hydrogens (tertiary/aromatic N) is 1. The molecule has 0 saturated heterocycles. The van der Waals surface area contributed by atoms with Crippen LogP contribution in [0.15, 0.2) is 47.5 Å². The Morgan fingerprint density at radius 2 is 1.48 bits per heavy atom.